The Bertz CT molecular complexity index is 742. The fourth-order valence-electron chi connectivity index (χ4n) is 3.24. The van der Waals surface area contributed by atoms with Gasteiger partial charge in [-0.3, -0.25) is 4.79 Å². The van der Waals surface area contributed by atoms with Gasteiger partial charge in [-0.2, -0.15) is 0 Å². The molecule has 2 atom stereocenters. The van der Waals surface area contributed by atoms with Gasteiger partial charge in [0.25, 0.3) is 0 Å². The van der Waals surface area contributed by atoms with Crippen molar-refractivity contribution >= 4 is 5.97 Å². The van der Waals surface area contributed by atoms with E-state index in [-0.39, 0.29) is 23.6 Å². The summed E-state index contributed by atoms with van der Waals surface area (Å²) in [6.07, 6.45) is 1.26. The lowest BCUT2D eigenvalue weighted by Crippen LogP contribution is -2.20. The van der Waals surface area contributed by atoms with Crippen LogP contribution < -0.4 is 9.47 Å². The highest BCUT2D eigenvalue weighted by Gasteiger charge is 2.36. The van der Waals surface area contributed by atoms with E-state index < -0.39 is 0 Å². The number of hydrogen-bond acceptors (Lipinski definition) is 4. The highest BCUT2D eigenvalue weighted by Crippen LogP contribution is 2.32. The molecule has 0 spiro atoms. The Morgan fingerprint density at radius 3 is 2.36 bits per heavy atom. The van der Waals surface area contributed by atoms with E-state index in [1.165, 1.54) is 12.1 Å². The first kappa shape index (κ1) is 17.3. The summed E-state index contributed by atoms with van der Waals surface area (Å²) in [5.41, 5.74) is 1.99. The van der Waals surface area contributed by atoms with Gasteiger partial charge >= 0.3 is 5.97 Å². The number of carbonyl (C=O) groups is 1. The number of methoxy groups -OCH3 is 2. The number of hydrogen-bond donors (Lipinski definition) is 0. The minimum atomic E-state index is -0.278. The van der Waals surface area contributed by atoms with E-state index in [0.29, 0.717) is 30.9 Å². The molecule has 0 N–H and O–H groups in total. The van der Waals surface area contributed by atoms with E-state index >= 15 is 0 Å². The van der Waals surface area contributed by atoms with Gasteiger partial charge in [0.1, 0.15) is 5.82 Å². The summed E-state index contributed by atoms with van der Waals surface area (Å²) in [5, 5.41) is 0. The second kappa shape index (κ2) is 7.55. The Labute approximate surface area is 146 Å². The normalized spacial score (nSPS) is 19.6. The lowest BCUT2D eigenvalue weighted by Gasteiger charge is -2.16. The van der Waals surface area contributed by atoms with E-state index in [2.05, 4.69) is 0 Å². The monoisotopic (exact) mass is 344 g/mol. The van der Waals surface area contributed by atoms with Crippen LogP contribution in [-0.4, -0.2) is 26.8 Å². The molecule has 0 amide bonds. The van der Waals surface area contributed by atoms with Crippen molar-refractivity contribution in [2.75, 3.05) is 20.8 Å². The number of rotatable bonds is 6. The van der Waals surface area contributed by atoms with Crippen molar-refractivity contribution in [2.24, 2.45) is 11.8 Å². The molecule has 1 aliphatic heterocycles. The van der Waals surface area contributed by atoms with Gasteiger partial charge in [0.2, 0.25) is 0 Å². The maximum atomic E-state index is 13.1. The van der Waals surface area contributed by atoms with Crippen molar-refractivity contribution in [3.8, 4) is 11.5 Å². The molecule has 0 aromatic heterocycles. The van der Waals surface area contributed by atoms with Crippen molar-refractivity contribution in [3.63, 3.8) is 0 Å². The summed E-state index contributed by atoms with van der Waals surface area (Å²) in [7, 11) is 3.20. The maximum absolute atomic E-state index is 13.1. The molecule has 2 aromatic carbocycles. The molecule has 2 unspecified atom stereocenters. The Morgan fingerprint density at radius 1 is 1.00 bits per heavy atom. The quantitative estimate of drug-likeness (QED) is 0.753. The highest BCUT2D eigenvalue weighted by atomic mass is 19.1. The van der Waals surface area contributed by atoms with Crippen molar-refractivity contribution < 1.29 is 23.4 Å². The van der Waals surface area contributed by atoms with Crippen LogP contribution in [0.1, 0.15) is 11.1 Å². The molecule has 0 bridgehead atoms. The number of halogens is 1. The lowest BCUT2D eigenvalue weighted by molar-refractivity contribution is -0.141. The molecule has 1 heterocycles. The van der Waals surface area contributed by atoms with Crippen molar-refractivity contribution in [3.05, 3.63) is 59.4 Å². The Balaban J connectivity index is 1.74. The van der Waals surface area contributed by atoms with E-state index in [1.807, 2.05) is 18.2 Å². The van der Waals surface area contributed by atoms with Crippen LogP contribution in [0.25, 0.3) is 0 Å². The van der Waals surface area contributed by atoms with Crippen LogP contribution in [0.3, 0.4) is 0 Å². The average molecular weight is 344 g/mol. The van der Waals surface area contributed by atoms with Crippen LogP contribution in [0.15, 0.2) is 42.5 Å². The molecular formula is C20H21FO4. The van der Waals surface area contributed by atoms with Crippen molar-refractivity contribution in [1.29, 1.82) is 0 Å². The van der Waals surface area contributed by atoms with Crippen LogP contribution >= 0.6 is 0 Å². The molecule has 4 nitrogen and oxygen atoms in total. The van der Waals surface area contributed by atoms with Crippen LogP contribution in [0.2, 0.25) is 0 Å². The zero-order valence-electron chi connectivity index (χ0n) is 14.3. The second-order valence-electron chi connectivity index (χ2n) is 6.22. The highest BCUT2D eigenvalue weighted by molar-refractivity contribution is 5.75. The minimum absolute atomic E-state index is 0.0793. The summed E-state index contributed by atoms with van der Waals surface area (Å²) in [6.45, 7) is 0.402. The van der Waals surface area contributed by atoms with Gasteiger partial charge in [0, 0.05) is 5.92 Å². The molecular weight excluding hydrogens is 323 g/mol. The van der Waals surface area contributed by atoms with Gasteiger partial charge in [-0.05, 0) is 48.2 Å². The molecule has 3 rings (SSSR count). The summed E-state index contributed by atoms with van der Waals surface area (Å²) >= 11 is 0. The maximum Gasteiger partial charge on any atom is 0.309 e. The molecule has 0 radical (unpaired) electrons. The molecule has 25 heavy (non-hydrogen) atoms. The molecule has 1 fully saturated rings. The summed E-state index contributed by atoms with van der Waals surface area (Å²) < 4.78 is 28.9. The lowest BCUT2D eigenvalue weighted by atomic mass is 9.85. The van der Waals surface area contributed by atoms with Crippen LogP contribution in [0.5, 0.6) is 11.5 Å². The molecule has 132 valence electrons. The minimum Gasteiger partial charge on any atom is -0.493 e. The van der Waals surface area contributed by atoms with Gasteiger partial charge < -0.3 is 14.2 Å². The molecule has 1 saturated heterocycles. The van der Waals surface area contributed by atoms with E-state index in [1.54, 1.807) is 26.4 Å². The predicted molar refractivity (Wildman–Crippen MR) is 91.3 cm³/mol. The smallest absolute Gasteiger partial charge is 0.309 e. The fourth-order valence-corrected chi connectivity index (χ4v) is 3.24. The predicted octanol–water partition coefficient (Wildman–Crippen LogP) is 3.42. The number of cyclic esters (lactones) is 1. The Morgan fingerprint density at radius 2 is 1.68 bits per heavy atom. The zero-order chi connectivity index (χ0) is 17.8. The third kappa shape index (κ3) is 3.92. The number of benzene rings is 2. The Hall–Kier alpha value is -2.56. The second-order valence-corrected chi connectivity index (χ2v) is 6.22. The first-order valence-electron chi connectivity index (χ1n) is 8.22. The van der Waals surface area contributed by atoms with E-state index in [9.17, 15) is 9.18 Å². The number of carbonyl (C=O) groups excluding carboxylic acids is 1. The van der Waals surface area contributed by atoms with Gasteiger partial charge in [0.05, 0.1) is 26.7 Å². The topological polar surface area (TPSA) is 44.8 Å². The summed E-state index contributed by atoms with van der Waals surface area (Å²) in [5.74, 6) is 0.733. The molecule has 0 saturated carbocycles. The number of esters is 1. The van der Waals surface area contributed by atoms with Crippen molar-refractivity contribution in [2.45, 2.75) is 12.8 Å². The third-order valence-corrected chi connectivity index (χ3v) is 4.63. The molecule has 0 aliphatic carbocycles. The van der Waals surface area contributed by atoms with Gasteiger partial charge in [-0.15, -0.1) is 0 Å². The average Bonchev–Trinajstić information content (AvgIpc) is 2.96. The van der Waals surface area contributed by atoms with Gasteiger partial charge in [0.15, 0.2) is 11.5 Å². The first-order valence-corrected chi connectivity index (χ1v) is 8.22. The van der Waals surface area contributed by atoms with Gasteiger partial charge in [-0.1, -0.05) is 18.2 Å². The third-order valence-electron chi connectivity index (χ3n) is 4.63. The zero-order valence-corrected chi connectivity index (χ0v) is 14.3. The molecule has 2 aromatic rings. The summed E-state index contributed by atoms with van der Waals surface area (Å²) in [6, 6.07) is 12.0. The fraction of sp³-hybridized carbons (Fsp3) is 0.350. The summed E-state index contributed by atoms with van der Waals surface area (Å²) in [4.78, 5) is 12.1. The standard InChI is InChI=1S/C20H21FO4/c1-23-18-8-5-14(11-19(18)24-2)9-15-12-25-20(22)17(15)10-13-3-6-16(21)7-4-13/h3-8,11,15,17H,9-10,12H2,1-2H3. The largest absolute Gasteiger partial charge is 0.493 e. The van der Waals surface area contributed by atoms with Crippen LogP contribution in [0, 0.1) is 17.7 Å². The first-order chi connectivity index (χ1) is 12.1. The van der Waals surface area contributed by atoms with Crippen molar-refractivity contribution in [1.82, 2.24) is 0 Å². The van der Waals surface area contributed by atoms with Gasteiger partial charge in [-0.25, -0.2) is 4.39 Å². The molecule has 1 aliphatic rings. The van der Waals surface area contributed by atoms with Crippen LogP contribution in [0.4, 0.5) is 4.39 Å². The number of ether oxygens (including phenoxy) is 3. The van der Waals surface area contributed by atoms with E-state index in [4.69, 9.17) is 14.2 Å². The molecule has 5 heteroatoms. The SMILES string of the molecule is COc1ccc(CC2COC(=O)C2Cc2ccc(F)cc2)cc1OC. The van der Waals surface area contributed by atoms with Crippen LogP contribution in [-0.2, 0) is 22.4 Å². The van der Waals surface area contributed by atoms with E-state index in [0.717, 1.165) is 11.1 Å². The Kier molecular flexibility index (Phi) is 5.22.